The van der Waals surface area contributed by atoms with E-state index in [0.29, 0.717) is 32.6 Å². The van der Waals surface area contributed by atoms with Gasteiger partial charge in [-0.05, 0) is 42.1 Å². The Balaban J connectivity index is 1.42. The molecule has 1 amide bonds. The third-order valence-electron chi connectivity index (χ3n) is 5.53. The number of benzene rings is 2. The van der Waals surface area contributed by atoms with Crippen molar-refractivity contribution in [1.82, 2.24) is 20.1 Å². The highest BCUT2D eigenvalue weighted by atomic mass is 32.2. The van der Waals surface area contributed by atoms with Gasteiger partial charge in [0.2, 0.25) is 0 Å². The number of nitro groups is 1. The molecule has 2 aromatic carbocycles. The van der Waals surface area contributed by atoms with E-state index in [0.717, 1.165) is 11.8 Å². The zero-order valence-corrected chi connectivity index (χ0v) is 22.9. The highest BCUT2D eigenvalue weighted by Gasteiger charge is 2.33. The van der Waals surface area contributed by atoms with E-state index >= 15 is 0 Å². The first-order valence-electron chi connectivity index (χ1n) is 11.5. The van der Waals surface area contributed by atoms with Gasteiger partial charge in [-0.2, -0.15) is 5.10 Å². The number of nitro benzene ring substituents is 1. The van der Waals surface area contributed by atoms with Crippen molar-refractivity contribution < 1.29 is 18.1 Å². The van der Waals surface area contributed by atoms with Crippen molar-refractivity contribution in [3.8, 4) is 11.3 Å². The van der Waals surface area contributed by atoms with Gasteiger partial charge in [0.15, 0.2) is 10.3 Å². The van der Waals surface area contributed by atoms with Crippen LogP contribution in [0.2, 0.25) is 0 Å². The van der Waals surface area contributed by atoms with Crippen LogP contribution >= 0.6 is 23.1 Å². The molecule has 40 heavy (non-hydrogen) atoms. The molecule has 0 atom stereocenters. The summed E-state index contributed by atoms with van der Waals surface area (Å²) in [6.45, 7) is 3.92. The molecule has 3 heterocycles. The number of carbonyl (C=O) groups excluding carboxylic acids is 1. The standard InChI is InChI=1S/C25H19N7O5S3/c1-2-11-31-23(33)21(14-17-15-27-29-22(17)16-4-3-5-19(13-16)32(34)35)39-25(31)28-18-6-8-20(9-7-18)40(36,37)30-24-26-10-12-38-24/h2-10,12-15H,1,11H2,(H,26,30)(H,27,29). The summed E-state index contributed by atoms with van der Waals surface area (Å²) in [6.07, 6.45) is 6.24. The third kappa shape index (κ3) is 5.70. The summed E-state index contributed by atoms with van der Waals surface area (Å²) in [5, 5.41) is 20.4. The normalized spacial score (nSPS) is 15.6. The third-order valence-corrected chi connectivity index (χ3v) is 8.71. The second kappa shape index (κ2) is 11.3. The van der Waals surface area contributed by atoms with E-state index in [4.69, 9.17) is 0 Å². The summed E-state index contributed by atoms with van der Waals surface area (Å²) in [7, 11) is -3.82. The largest absolute Gasteiger partial charge is 0.283 e. The fourth-order valence-corrected chi connectivity index (χ4v) is 6.48. The minimum Gasteiger partial charge on any atom is -0.283 e. The fraction of sp³-hybridized carbons (Fsp3) is 0.0400. The molecule has 0 aliphatic carbocycles. The monoisotopic (exact) mass is 593 g/mol. The number of non-ortho nitro benzene ring substituents is 1. The van der Waals surface area contributed by atoms with Crippen LogP contribution in [0.5, 0.6) is 0 Å². The van der Waals surface area contributed by atoms with Crippen LogP contribution in [-0.4, -0.2) is 51.0 Å². The number of nitrogens with zero attached hydrogens (tertiary/aromatic N) is 5. The van der Waals surface area contributed by atoms with Gasteiger partial charge in [-0.3, -0.25) is 29.6 Å². The maximum absolute atomic E-state index is 13.2. The predicted molar refractivity (Wildman–Crippen MR) is 155 cm³/mol. The molecule has 1 saturated heterocycles. The molecular formula is C25H19N7O5S3. The summed E-state index contributed by atoms with van der Waals surface area (Å²) >= 11 is 2.30. The van der Waals surface area contributed by atoms with Crippen LogP contribution in [0.4, 0.5) is 16.5 Å². The van der Waals surface area contributed by atoms with Crippen LogP contribution in [0, 0.1) is 10.1 Å². The Morgan fingerprint density at radius 1 is 1.23 bits per heavy atom. The Bertz CT molecular complexity index is 1760. The Hall–Kier alpha value is -4.60. The number of carbonyl (C=O) groups is 1. The average Bonchev–Trinajstić information content (AvgIpc) is 3.68. The van der Waals surface area contributed by atoms with Gasteiger partial charge in [0.05, 0.1) is 32.3 Å². The van der Waals surface area contributed by atoms with Crippen molar-refractivity contribution >= 4 is 66.8 Å². The van der Waals surface area contributed by atoms with Crippen molar-refractivity contribution in [2.45, 2.75) is 4.90 Å². The van der Waals surface area contributed by atoms with Gasteiger partial charge in [-0.1, -0.05) is 18.2 Å². The summed E-state index contributed by atoms with van der Waals surface area (Å²) < 4.78 is 27.6. The van der Waals surface area contributed by atoms with Crippen molar-refractivity contribution in [3.63, 3.8) is 0 Å². The van der Waals surface area contributed by atoms with E-state index in [1.54, 1.807) is 41.8 Å². The number of amidine groups is 1. The smallest absolute Gasteiger partial charge is 0.270 e. The first kappa shape index (κ1) is 27.0. The van der Waals surface area contributed by atoms with Crippen LogP contribution in [0.1, 0.15) is 5.56 Å². The highest BCUT2D eigenvalue weighted by molar-refractivity contribution is 8.18. The molecular weight excluding hydrogens is 575 g/mol. The molecule has 0 unspecified atom stereocenters. The zero-order chi connectivity index (χ0) is 28.3. The lowest BCUT2D eigenvalue weighted by molar-refractivity contribution is -0.384. The van der Waals surface area contributed by atoms with E-state index in [-0.39, 0.29) is 28.2 Å². The Kier molecular flexibility index (Phi) is 7.59. The second-order valence-electron chi connectivity index (χ2n) is 8.15. The number of amides is 1. The van der Waals surface area contributed by atoms with Crippen LogP contribution < -0.4 is 4.72 Å². The molecule has 1 aliphatic heterocycles. The van der Waals surface area contributed by atoms with Crippen molar-refractivity contribution in [2.75, 3.05) is 11.3 Å². The molecule has 2 aromatic heterocycles. The molecule has 1 fully saturated rings. The number of aliphatic imine (C=N–C) groups is 1. The summed E-state index contributed by atoms with van der Waals surface area (Å²) in [4.78, 5) is 34.3. The fourth-order valence-electron chi connectivity index (χ4n) is 3.69. The molecule has 4 aromatic rings. The van der Waals surface area contributed by atoms with Gasteiger partial charge in [-0.25, -0.2) is 18.4 Å². The number of thiazole rings is 1. The van der Waals surface area contributed by atoms with Gasteiger partial charge in [-0.15, -0.1) is 17.9 Å². The molecule has 0 radical (unpaired) electrons. The number of H-pyrrole nitrogens is 1. The number of thioether (sulfide) groups is 1. The van der Waals surface area contributed by atoms with Gasteiger partial charge < -0.3 is 0 Å². The number of aromatic nitrogens is 3. The zero-order valence-electron chi connectivity index (χ0n) is 20.4. The molecule has 202 valence electrons. The maximum Gasteiger partial charge on any atom is 0.270 e. The number of aromatic amines is 1. The average molecular weight is 594 g/mol. The topological polar surface area (TPSA) is 164 Å². The van der Waals surface area contributed by atoms with E-state index < -0.39 is 14.9 Å². The molecule has 5 rings (SSSR count). The molecule has 0 spiro atoms. The van der Waals surface area contributed by atoms with E-state index in [9.17, 15) is 23.3 Å². The van der Waals surface area contributed by atoms with Crippen LogP contribution in [0.25, 0.3) is 17.3 Å². The number of nitrogens with one attached hydrogen (secondary N) is 2. The lowest BCUT2D eigenvalue weighted by Crippen LogP contribution is -2.29. The van der Waals surface area contributed by atoms with Gasteiger partial charge in [0, 0.05) is 41.4 Å². The molecule has 0 saturated carbocycles. The number of anilines is 1. The van der Waals surface area contributed by atoms with E-state index in [1.807, 2.05) is 0 Å². The Morgan fingerprint density at radius 3 is 2.73 bits per heavy atom. The van der Waals surface area contributed by atoms with Gasteiger partial charge >= 0.3 is 0 Å². The number of sulfonamides is 1. The van der Waals surface area contributed by atoms with Crippen molar-refractivity contribution in [2.24, 2.45) is 4.99 Å². The molecule has 0 bridgehead atoms. The lowest BCUT2D eigenvalue weighted by Gasteiger charge is -2.12. The van der Waals surface area contributed by atoms with E-state index in [1.165, 1.54) is 52.9 Å². The highest BCUT2D eigenvalue weighted by Crippen LogP contribution is 2.36. The van der Waals surface area contributed by atoms with E-state index in [2.05, 4.69) is 31.5 Å². The second-order valence-corrected chi connectivity index (χ2v) is 11.7. The Morgan fingerprint density at radius 2 is 2.02 bits per heavy atom. The number of hydrogen-bond donors (Lipinski definition) is 2. The minimum atomic E-state index is -3.82. The SMILES string of the molecule is C=CCN1C(=O)C(=Cc2cn[nH]c2-c2cccc([N+](=O)[O-])c2)SC1=Nc1ccc(S(=O)(=O)Nc2nccs2)cc1. The van der Waals surface area contributed by atoms with Gasteiger partial charge in [0.1, 0.15) is 0 Å². The first-order valence-corrected chi connectivity index (χ1v) is 14.6. The molecule has 15 heteroatoms. The minimum absolute atomic E-state index is 0.0407. The first-order chi connectivity index (χ1) is 19.2. The molecule has 12 nitrogen and oxygen atoms in total. The van der Waals surface area contributed by atoms with Crippen LogP contribution in [-0.2, 0) is 14.8 Å². The Labute approximate surface area is 236 Å². The number of hydrogen-bond acceptors (Lipinski definition) is 10. The predicted octanol–water partition coefficient (Wildman–Crippen LogP) is 5.03. The van der Waals surface area contributed by atoms with Crippen molar-refractivity contribution in [3.05, 3.63) is 99.5 Å². The quantitative estimate of drug-likeness (QED) is 0.118. The molecule has 1 aliphatic rings. The van der Waals surface area contributed by atoms with Gasteiger partial charge in [0.25, 0.3) is 21.6 Å². The maximum atomic E-state index is 13.2. The number of rotatable bonds is 9. The summed E-state index contributed by atoms with van der Waals surface area (Å²) in [5.74, 6) is -0.304. The molecule has 2 N–H and O–H groups in total. The van der Waals surface area contributed by atoms with Crippen LogP contribution in [0.15, 0.2) is 93.8 Å². The summed E-state index contributed by atoms with van der Waals surface area (Å²) in [6, 6.07) is 12.0. The lowest BCUT2D eigenvalue weighted by atomic mass is 10.1. The summed E-state index contributed by atoms with van der Waals surface area (Å²) in [5.41, 5.74) is 2.01. The van der Waals surface area contributed by atoms with Crippen LogP contribution in [0.3, 0.4) is 0 Å². The van der Waals surface area contributed by atoms with Crippen molar-refractivity contribution in [1.29, 1.82) is 0 Å².